The molecule has 102 valence electrons. The summed E-state index contributed by atoms with van der Waals surface area (Å²) in [6.07, 6.45) is 3.44. The fourth-order valence-corrected chi connectivity index (χ4v) is 2.22. The minimum absolute atomic E-state index is 0.375. The number of likely N-dealkylation sites (tertiary alicyclic amines) is 1. The Balaban J connectivity index is 2.10. The second kappa shape index (κ2) is 8.86. The van der Waals surface area contributed by atoms with E-state index in [1.165, 1.54) is 19.3 Å². The maximum Gasteiger partial charge on any atom is 0.0900 e. The quantitative estimate of drug-likeness (QED) is 0.683. The van der Waals surface area contributed by atoms with Crippen LogP contribution in [0.1, 0.15) is 26.2 Å². The standard InChI is InChI=1S/C13H27NO3/c1-12-4-3-6-14(7-5-12)10-13(15)11-17-9-8-16-2/h12-13,15H,3-11H2,1-2H3. The summed E-state index contributed by atoms with van der Waals surface area (Å²) < 4.78 is 10.2. The molecule has 4 heteroatoms. The lowest BCUT2D eigenvalue weighted by atomic mass is 10.0. The Hall–Kier alpha value is -0.160. The maximum absolute atomic E-state index is 9.85. The molecule has 0 aromatic carbocycles. The van der Waals surface area contributed by atoms with Gasteiger partial charge in [0.1, 0.15) is 0 Å². The van der Waals surface area contributed by atoms with Gasteiger partial charge < -0.3 is 19.5 Å². The number of ether oxygens (including phenoxy) is 2. The van der Waals surface area contributed by atoms with Crippen molar-refractivity contribution in [3.63, 3.8) is 0 Å². The lowest BCUT2D eigenvalue weighted by Gasteiger charge is -2.23. The molecular formula is C13H27NO3. The summed E-state index contributed by atoms with van der Waals surface area (Å²) in [5, 5.41) is 9.85. The van der Waals surface area contributed by atoms with Crippen LogP contribution < -0.4 is 0 Å². The van der Waals surface area contributed by atoms with Gasteiger partial charge in [-0.1, -0.05) is 6.92 Å². The van der Waals surface area contributed by atoms with Crippen molar-refractivity contribution in [1.82, 2.24) is 4.90 Å². The molecule has 0 spiro atoms. The average Bonchev–Trinajstić information content (AvgIpc) is 2.50. The fraction of sp³-hybridized carbons (Fsp3) is 1.00. The molecule has 1 aliphatic rings. The van der Waals surface area contributed by atoms with Crippen molar-refractivity contribution in [3.05, 3.63) is 0 Å². The minimum atomic E-state index is -0.375. The molecule has 0 saturated carbocycles. The van der Waals surface area contributed by atoms with Gasteiger partial charge in [-0.15, -0.1) is 0 Å². The molecule has 0 radical (unpaired) electrons. The van der Waals surface area contributed by atoms with Gasteiger partial charge in [0.2, 0.25) is 0 Å². The van der Waals surface area contributed by atoms with E-state index in [1.807, 2.05) is 0 Å². The summed E-state index contributed by atoms with van der Waals surface area (Å²) in [4.78, 5) is 2.36. The van der Waals surface area contributed by atoms with Crippen LogP contribution in [0.3, 0.4) is 0 Å². The SMILES string of the molecule is COCCOCC(O)CN1CCCC(C)CC1. The molecule has 0 bridgehead atoms. The molecule has 2 atom stereocenters. The number of hydrogen-bond acceptors (Lipinski definition) is 4. The maximum atomic E-state index is 9.85. The molecule has 0 aliphatic carbocycles. The Morgan fingerprint density at radius 1 is 1.29 bits per heavy atom. The van der Waals surface area contributed by atoms with Gasteiger partial charge in [-0.25, -0.2) is 0 Å². The Kier molecular flexibility index (Phi) is 7.77. The predicted molar refractivity (Wildman–Crippen MR) is 68.2 cm³/mol. The van der Waals surface area contributed by atoms with Crippen LogP contribution in [0.15, 0.2) is 0 Å². The molecule has 17 heavy (non-hydrogen) atoms. The Morgan fingerprint density at radius 3 is 2.88 bits per heavy atom. The van der Waals surface area contributed by atoms with Crippen molar-refractivity contribution >= 4 is 0 Å². The Bertz CT molecular complexity index is 190. The summed E-state index contributed by atoms with van der Waals surface area (Å²) >= 11 is 0. The highest BCUT2D eigenvalue weighted by molar-refractivity contribution is 4.70. The number of β-amino-alcohol motifs (C(OH)–C–C–N with tert-alkyl or cyclic N) is 1. The Morgan fingerprint density at radius 2 is 2.12 bits per heavy atom. The molecule has 4 nitrogen and oxygen atoms in total. The number of aliphatic hydroxyl groups is 1. The van der Waals surface area contributed by atoms with Crippen molar-refractivity contribution in [2.75, 3.05) is 46.6 Å². The first-order chi connectivity index (χ1) is 8.22. The van der Waals surface area contributed by atoms with E-state index in [-0.39, 0.29) is 6.10 Å². The minimum Gasteiger partial charge on any atom is -0.389 e. The van der Waals surface area contributed by atoms with E-state index in [2.05, 4.69) is 11.8 Å². The first-order valence-corrected chi connectivity index (χ1v) is 6.69. The van der Waals surface area contributed by atoms with Crippen molar-refractivity contribution in [1.29, 1.82) is 0 Å². The van der Waals surface area contributed by atoms with Crippen LogP contribution in [-0.4, -0.2) is 62.7 Å². The van der Waals surface area contributed by atoms with E-state index in [1.54, 1.807) is 7.11 Å². The molecule has 0 aromatic heterocycles. The van der Waals surface area contributed by atoms with Crippen LogP contribution in [0.25, 0.3) is 0 Å². The summed E-state index contributed by atoms with van der Waals surface area (Å²) in [6.45, 7) is 6.83. The topological polar surface area (TPSA) is 41.9 Å². The summed E-state index contributed by atoms with van der Waals surface area (Å²) in [5.74, 6) is 0.829. The molecule has 1 aliphatic heterocycles. The molecule has 1 N–H and O–H groups in total. The number of hydrogen-bond donors (Lipinski definition) is 1. The van der Waals surface area contributed by atoms with E-state index < -0.39 is 0 Å². The monoisotopic (exact) mass is 245 g/mol. The van der Waals surface area contributed by atoms with E-state index in [0.29, 0.717) is 19.8 Å². The van der Waals surface area contributed by atoms with Gasteiger partial charge in [0.15, 0.2) is 0 Å². The number of rotatable bonds is 7. The smallest absolute Gasteiger partial charge is 0.0900 e. The summed E-state index contributed by atoms with van der Waals surface area (Å²) in [5.41, 5.74) is 0. The third kappa shape index (κ3) is 6.99. The van der Waals surface area contributed by atoms with E-state index in [0.717, 1.165) is 25.6 Å². The van der Waals surface area contributed by atoms with Gasteiger partial charge in [0.25, 0.3) is 0 Å². The van der Waals surface area contributed by atoms with Crippen LogP contribution in [0.5, 0.6) is 0 Å². The van der Waals surface area contributed by atoms with Gasteiger partial charge in [0, 0.05) is 13.7 Å². The third-order valence-corrected chi connectivity index (χ3v) is 3.32. The first-order valence-electron chi connectivity index (χ1n) is 6.69. The zero-order valence-electron chi connectivity index (χ0n) is 11.2. The first kappa shape index (κ1) is 14.9. The molecule has 1 heterocycles. The number of methoxy groups -OCH3 is 1. The van der Waals surface area contributed by atoms with Crippen molar-refractivity contribution in [3.8, 4) is 0 Å². The average molecular weight is 245 g/mol. The summed E-state index contributed by atoms with van der Waals surface area (Å²) in [7, 11) is 1.65. The second-order valence-corrected chi connectivity index (χ2v) is 5.06. The van der Waals surface area contributed by atoms with Crippen LogP contribution in [0.2, 0.25) is 0 Å². The van der Waals surface area contributed by atoms with Gasteiger partial charge in [-0.05, 0) is 38.3 Å². The van der Waals surface area contributed by atoms with Gasteiger partial charge in [-0.2, -0.15) is 0 Å². The molecule has 0 amide bonds. The molecule has 0 aromatic rings. The van der Waals surface area contributed by atoms with Crippen LogP contribution >= 0.6 is 0 Å². The molecule has 2 unspecified atom stereocenters. The number of aliphatic hydroxyl groups excluding tert-OH is 1. The highest BCUT2D eigenvalue weighted by atomic mass is 16.5. The molecular weight excluding hydrogens is 218 g/mol. The third-order valence-electron chi connectivity index (χ3n) is 3.32. The van der Waals surface area contributed by atoms with E-state index in [9.17, 15) is 5.11 Å². The van der Waals surface area contributed by atoms with Crippen LogP contribution in [-0.2, 0) is 9.47 Å². The zero-order chi connectivity index (χ0) is 12.5. The second-order valence-electron chi connectivity index (χ2n) is 5.06. The van der Waals surface area contributed by atoms with Gasteiger partial charge >= 0.3 is 0 Å². The Labute approximate surface area is 105 Å². The fourth-order valence-electron chi connectivity index (χ4n) is 2.22. The zero-order valence-corrected chi connectivity index (χ0v) is 11.2. The van der Waals surface area contributed by atoms with Crippen LogP contribution in [0.4, 0.5) is 0 Å². The van der Waals surface area contributed by atoms with Gasteiger partial charge in [0.05, 0.1) is 25.9 Å². The highest BCUT2D eigenvalue weighted by Gasteiger charge is 2.16. The summed E-state index contributed by atoms with van der Waals surface area (Å²) in [6, 6.07) is 0. The number of nitrogens with zero attached hydrogens (tertiary/aromatic N) is 1. The van der Waals surface area contributed by atoms with Crippen LogP contribution in [0, 0.1) is 5.92 Å². The largest absolute Gasteiger partial charge is 0.389 e. The van der Waals surface area contributed by atoms with E-state index >= 15 is 0 Å². The van der Waals surface area contributed by atoms with Gasteiger partial charge in [-0.3, -0.25) is 0 Å². The normalized spacial score (nSPS) is 24.5. The van der Waals surface area contributed by atoms with Crippen molar-refractivity contribution in [2.24, 2.45) is 5.92 Å². The van der Waals surface area contributed by atoms with Crippen molar-refractivity contribution in [2.45, 2.75) is 32.3 Å². The lowest BCUT2D eigenvalue weighted by Crippen LogP contribution is -2.35. The predicted octanol–water partition coefficient (Wildman–Crippen LogP) is 1.13. The molecule has 1 fully saturated rings. The van der Waals surface area contributed by atoms with E-state index in [4.69, 9.17) is 9.47 Å². The molecule has 1 saturated heterocycles. The highest BCUT2D eigenvalue weighted by Crippen LogP contribution is 2.16. The lowest BCUT2D eigenvalue weighted by molar-refractivity contribution is -0.000207. The molecule has 1 rings (SSSR count). The van der Waals surface area contributed by atoms with Crippen molar-refractivity contribution < 1.29 is 14.6 Å².